The van der Waals surface area contributed by atoms with Gasteiger partial charge in [0.2, 0.25) is 11.7 Å². The van der Waals surface area contributed by atoms with Crippen molar-refractivity contribution in [1.82, 2.24) is 24.2 Å². The number of aromatic nitrogens is 3. The molecule has 2 aromatic carbocycles. The van der Waals surface area contributed by atoms with Crippen molar-refractivity contribution in [2.75, 3.05) is 43.4 Å². The van der Waals surface area contributed by atoms with Crippen LogP contribution >= 0.6 is 0 Å². The Bertz CT molecular complexity index is 1710. The average Bonchev–Trinajstić information content (AvgIpc) is 3.77. The van der Waals surface area contributed by atoms with Crippen LogP contribution in [0.25, 0.3) is 16.9 Å². The molecular formula is C32H34F3N7O2. The summed E-state index contributed by atoms with van der Waals surface area (Å²) in [5, 5.41) is 5.51. The van der Waals surface area contributed by atoms with Crippen LogP contribution in [0.15, 0.2) is 55.0 Å². The molecule has 4 aromatic rings. The molecule has 2 aliphatic rings. The monoisotopic (exact) mass is 605 g/mol. The highest BCUT2D eigenvalue weighted by atomic mass is 19.4. The Morgan fingerprint density at radius 3 is 2.43 bits per heavy atom. The minimum atomic E-state index is -4.55. The highest BCUT2D eigenvalue weighted by Crippen LogP contribution is 2.33. The minimum Gasteiger partial charge on any atom is -0.322 e. The molecule has 6 rings (SSSR count). The lowest BCUT2D eigenvalue weighted by atomic mass is 9.99. The van der Waals surface area contributed by atoms with Gasteiger partial charge in [-0.1, -0.05) is 13.0 Å². The van der Waals surface area contributed by atoms with Crippen LogP contribution in [0.4, 0.5) is 24.7 Å². The number of fused-ring (bicyclic) bond motifs is 1. The molecule has 0 unspecified atom stereocenters. The third kappa shape index (κ3) is 6.76. The quantitative estimate of drug-likeness (QED) is 0.277. The largest absolute Gasteiger partial charge is 0.416 e. The van der Waals surface area contributed by atoms with Crippen molar-refractivity contribution in [1.29, 1.82) is 0 Å². The molecule has 1 aliphatic carbocycles. The highest BCUT2D eigenvalue weighted by Gasteiger charge is 2.32. The molecule has 44 heavy (non-hydrogen) atoms. The molecule has 1 saturated heterocycles. The number of alkyl halides is 3. The SMILES string of the molecule is CCN1CCN(Cc2cc(NC(=O)c3ccc(C)c(-c4cnc5nc(NC(=O)C6CC6)cn5c4)c3)cc(C(F)(F)F)c2)CC1. The lowest BCUT2D eigenvalue weighted by molar-refractivity contribution is -0.137. The van der Waals surface area contributed by atoms with E-state index in [0.717, 1.165) is 68.8 Å². The van der Waals surface area contributed by atoms with E-state index in [1.54, 1.807) is 41.1 Å². The number of likely N-dealkylation sites (N-methyl/N-ethyl adjacent to an activating group) is 1. The molecular weight excluding hydrogens is 571 g/mol. The zero-order chi connectivity index (χ0) is 31.0. The summed E-state index contributed by atoms with van der Waals surface area (Å²) >= 11 is 0. The number of nitrogens with one attached hydrogen (secondary N) is 2. The fraction of sp³-hybridized carbons (Fsp3) is 0.375. The van der Waals surface area contributed by atoms with E-state index in [-0.39, 0.29) is 17.5 Å². The molecule has 9 nitrogen and oxygen atoms in total. The fourth-order valence-corrected chi connectivity index (χ4v) is 5.48. The topological polar surface area (TPSA) is 94.9 Å². The third-order valence-electron chi connectivity index (χ3n) is 8.22. The number of anilines is 2. The van der Waals surface area contributed by atoms with E-state index in [0.29, 0.717) is 34.8 Å². The summed E-state index contributed by atoms with van der Waals surface area (Å²) in [6, 6.07) is 8.88. The standard InChI is InChI=1S/C32H34F3N7O2/c1-3-40-8-10-41(11-9-40)17-21-12-25(32(33,34)35)15-26(13-21)37-30(44)23-5-4-20(2)27(14-23)24-16-36-31-39-28(19-42(31)18-24)38-29(43)22-6-7-22/h4-5,12-16,18-19,22H,3,6-11,17H2,1-2H3,(H,37,44)(H,38,43). The molecule has 1 aliphatic heterocycles. The summed E-state index contributed by atoms with van der Waals surface area (Å²) in [7, 11) is 0. The average molecular weight is 606 g/mol. The van der Waals surface area contributed by atoms with Gasteiger partial charge in [0.05, 0.1) is 11.8 Å². The molecule has 0 spiro atoms. The molecule has 2 aromatic heterocycles. The van der Waals surface area contributed by atoms with E-state index in [4.69, 9.17) is 0 Å². The molecule has 12 heteroatoms. The molecule has 2 fully saturated rings. The van der Waals surface area contributed by atoms with Gasteiger partial charge in [0.25, 0.3) is 5.91 Å². The van der Waals surface area contributed by atoms with Crippen molar-refractivity contribution in [3.8, 4) is 11.1 Å². The van der Waals surface area contributed by atoms with Crippen LogP contribution in [0.3, 0.4) is 0 Å². The summed E-state index contributed by atoms with van der Waals surface area (Å²) in [6.45, 7) is 8.60. The number of imidazole rings is 1. The molecule has 1 saturated carbocycles. The molecule has 0 atom stereocenters. The second-order valence-corrected chi connectivity index (χ2v) is 11.6. The van der Waals surface area contributed by atoms with Crippen LogP contribution in [-0.2, 0) is 17.5 Å². The Balaban J connectivity index is 1.22. The molecule has 3 heterocycles. The molecule has 2 amide bonds. The number of amides is 2. The summed E-state index contributed by atoms with van der Waals surface area (Å²) in [5.74, 6) is 0.309. The van der Waals surface area contributed by atoms with E-state index >= 15 is 0 Å². The molecule has 2 N–H and O–H groups in total. The van der Waals surface area contributed by atoms with Crippen LogP contribution in [-0.4, -0.2) is 68.7 Å². The maximum Gasteiger partial charge on any atom is 0.416 e. The van der Waals surface area contributed by atoms with E-state index < -0.39 is 17.6 Å². The summed E-state index contributed by atoms with van der Waals surface area (Å²) in [6.07, 6.45) is 2.36. The number of piperazine rings is 1. The summed E-state index contributed by atoms with van der Waals surface area (Å²) in [4.78, 5) is 38.7. The number of nitrogens with zero attached hydrogens (tertiary/aromatic N) is 5. The van der Waals surface area contributed by atoms with Crippen LogP contribution in [0.2, 0.25) is 0 Å². The van der Waals surface area contributed by atoms with Gasteiger partial charge >= 0.3 is 6.18 Å². The van der Waals surface area contributed by atoms with Crippen LogP contribution in [0.1, 0.15) is 46.8 Å². The lowest BCUT2D eigenvalue weighted by Crippen LogP contribution is -2.45. The van der Waals surface area contributed by atoms with E-state index in [9.17, 15) is 22.8 Å². The number of rotatable bonds is 8. The number of carbonyl (C=O) groups is 2. The second kappa shape index (κ2) is 12.0. The lowest BCUT2D eigenvalue weighted by Gasteiger charge is -2.34. The number of carbonyl (C=O) groups excluding carboxylic acids is 2. The van der Waals surface area contributed by atoms with Gasteiger partial charge in [-0.3, -0.25) is 18.9 Å². The predicted octanol–water partition coefficient (Wildman–Crippen LogP) is 5.46. The van der Waals surface area contributed by atoms with Gasteiger partial charge in [0, 0.05) is 67.8 Å². The number of aryl methyl sites for hydroxylation is 1. The highest BCUT2D eigenvalue weighted by molar-refractivity contribution is 6.05. The maximum atomic E-state index is 13.8. The van der Waals surface area contributed by atoms with Crippen LogP contribution < -0.4 is 10.6 Å². The van der Waals surface area contributed by atoms with Gasteiger partial charge in [0.1, 0.15) is 0 Å². The maximum absolute atomic E-state index is 13.8. The number of benzene rings is 2. The van der Waals surface area contributed by atoms with Crippen molar-refractivity contribution in [2.24, 2.45) is 5.92 Å². The van der Waals surface area contributed by atoms with Crippen molar-refractivity contribution in [3.05, 3.63) is 77.2 Å². The number of hydrogen-bond acceptors (Lipinski definition) is 6. The van der Waals surface area contributed by atoms with Crippen LogP contribution in [0, 0.1) is 12.8 Å². The van der Waals surface area contributed by atoms with Gasteiger partial charge in [0.15, 0.2) is 5.82 Å². The Morgan fingerprint density at radius 1 is 0.977 bits per heavy atom. The zero-order valence-electron chi connectivity index (χ0n) is 24.6. The number of halogens is 3. The molecule has 0 bridgehead atoms. The molecule has 230 valence electrons. The van der Waals surface area contributed by atoms with Crippen LogP contribution in [0.5, 0.6) is 0 Å². The Hall–Kier alpha value is -4.29. The van der Waals surface area contributed by atoms with Crippen molar-refractivity contribution in [2.45, 2.75) is 39.4 Å². The Kier molecular flexibility index (Phi) is 8.12. The smallest absolute Gasteiger partial charge is 0.322 e. The number of hydrogen-bond donors (Lipinski definition) is 2. The van der Waals surface area contributed by atoms with Crippen molar-refractivity contribution >= 4 is 29.1 Å². The van der Waals surface area contributed by atoms with Gasteiger partial charge in [-0.05, 0) is 73.3 Å². The van der Waals surface area contributed by atoms with Crippen molar-refractivity contribution < 1.29 is 22.8 Å². The van der Waals surface area contributed by atoms with E-state index in [2.05, 4.69) is 37.3 Å². The van der Waals surface area contributed by atoms with E-state index in [1.807, 2.05) is 13.1 Å². The normalized spacial score (nSPS) is 16.3. The first kappa shape index (κ1) is 29.8. The third-order valence-corrected chi connectivity index (χ3v) is 8.22. The van der Waals surface area contributed by atoms with E-state index in [1.165, 1.54) is 0 Å². The first-order valence-corrected chi connectivity index (χ1v) is 14.8. The van der Waals surface area contributed by atoms with Crippen molar-refractivity contribution in [3.63, 3.8) is 0 Å². The summed E-state index contributed by atoms with van der Waals surface area (Å²) in [5.41, 5.74) is 2.42. The molecule has 0 radical (unpaired) electrons. The first-order chi connectivity index (χ1) is 21.1. The second-order valence-electron chi connectivity index (χ2n) is 11.6. The minimum absolute atomic E-state index is 0.0455. The summed E-state index contributed by atoms with van der Waals surface area (Å²) < 4.78 is 43.2. The Labute approximate surface area is 253 Å². The van der Waals surface area contributed by atoms with Gasteiger partial charge in [-0.25, -0.2) is 4.98 Å². The van der Waals surface area contributed by atoms with Gasteiger partial charge in [-0.15, -0.1) is 0 Å². The fourth-order valence-electron chi connectivity index (χ4n) is 5.48. The zero-order valence-corrected chi connectivity index (χ0v) is 24.6. The van der Waals surface area contributed by atoms with Gasteiger partial charge < -0.3 is 15.5 Å². The van der Waals surface area contributed by atoms with Gasteiger partial charge in [-0.2, -0.15) is 18.2 Å². The Morgan fingerprint density at radius 2 is 1.73 bits per heavy atom. The predicted molar refractivity (Wildman–Crippen MR) is 161 cm³/mol. The first-order valence-electron chi connectivity index (χ1n) is 14.8.